The maximum atomic E-state index is 12.9. The SMILES string of the molecule is CCN(CC)CCCCNc1ccc(Nc2ncc3cc(Br)c(=O)n(C4CCCC4)c3n2)nc1. The number of unbranched alkanes of at least 4 members (excludes halogenated alkanes) is 1. The van der Waals surface area contributed by atoms with Gasteiger partial charge in [0.2, 0.25) is 5.95 Å². The number of nitrogens with zero attached hydrogens (tertiary/aromatic N) is 5. The molecule has 3 aromatic heterocycles. The molecule has 0 bridgehead atoms. The molecule has 0 unspecified atom stereocenters. The number of fused-ring (bicyclic) bond motifs is 1. The fraction of sp³-hybridized carbons (Fsp3) is 0.520. The van der Waals surface area contributed by atoms with Crippen LogP contribution in [0.25, 0.3) is 11.0 Å². The van der Waals surface area contributed by atoms with Gasteiger partial charge in [0, 0.05) is 24.2 Å². The summed E-state index contributed by atoms with van der Waals surface area (Å²) in [6.45, 7) is 8.71. The lowest BCUT2D eigenvalue weighted by atomic mass is 10.2. The average molecular weight is 528 g/mol. The summed E-state index contributed by atoms with van der Waals surface area (Å²) in [4.78, 5) is 29.0. The van der Waals surface area contributed by atoms with E-state index in [2.05, 4.69) is 55.3 Å². The van der Waals surface area contributed by atoms with E-state index in [4.69, 9.17) is 4.98 Å². The minimum absolute atomic E-state index is 0.0327. The lowest BCUT2D eigenvalue weighted by Gasteiger charge is -2.17. The van der Waals surface area contributed by atoms with Crippen LogP contribution in [0.2, 0.25) is 0 Å². The Morgan fingerprint density at radius 3 is 2.62 bits per heavy atom. The highest BCUT2D eigenvalue weighted by molar-refractivity contribution is 9.10. The summed E-state index contributed by atoms with van der Waals surface area (Å²) in [6, 6.07) is 5.91. The van der Waals surface area contributed by atoms with Crippen LogP contribution in [-0.4, -0.2) is 50.6 Å². The molecule has 0 amide bonds. The zero-order valence-corrected chi connectivity index (χ0v) is 21.6. The monoisotopic (exact) mass is 527 g/mol. The van der Waals surface area contributed by atoms with Crippen LogP contribution in [0.1, 0.15) is 58.4 Å². The predicted molar refractivity (Wildman–Crippen MR) is 142 cm³/mol. The van der Waals surface area contributed by atoms with Gasteiger partial charge in [0.1, 0.15) is 11.5 Å². The zero-order chi connectivity index (χ0) is 23.9. The van der Waals surface area contributed by atoms with Crippen LogP contribution in [0.15, 0.2) is 39.9 Å². The van der Waals surface area contributed by atoms with Crippen LogP contribution < -0.4 is 16.2 Å². The maximum Gasteiger partial charge on any atom is 0.266 e. The molecule has 8 nitrogen and oxygen atoms in total. The first-order chi connectivity index (χ1) is 16.6. The molecule has 9 heteroatoms. The van der Waals surface area contributed by atoms with Crippen LogP contribution in [0.5, 0.6) is 0 Å². The number of pyridine rings is 2. The first kappa shape index (κ1) is 24.6. The van der Waals surface area contributed by atoms with E-state index < -0.39 is 0 Å². The van der Waals surface area contributed by atoms with Crippen molar-refractivity contribution in [2.75, 3.05) is 36.8 Å². The molecular weight excluding hydrogens is 494 g/mol. The maximum absolute atomic E-state index is 12.9. The minimum atomic E-state index is -0.0327. The Labute approximate surface area is 209 Å². The van der Waals surface area contributed by atoms with Gasteiger partial charge in [-0.3, -0.25) is 9.36 Å². The number of hydrogen-bond acceptors (Lipinski definition) is 7. The molecule has 1 aliphatic rings. The van der Waals surface area contributed by atoms with E-state index in [1.807, 2.05) is 22.9 Å². The van der Waals surface area contributed by atoms with Gasteiger partial charge in [-0.25, -0.2) is 9.97 Å². The molecule has 34 heavy (non-hydrogen) atoms. The average Bonchev–Trinajstić information content (AvgIpc) is 3.38. The highest BCUT2D eigenvalue weighted by Crippen LogP contribution is 2.31. The first-order valence-electron chi connectivity index (χ1n) is 12.4. The lowest BCUT2D eigenvalue weighted by Crippen LogP contribution is -2.25. The van der Waals surface area contributed by atoms with Gasteiger partial charge < -0.3 is 15.5 Å². The van der Waals surface area contributed by atoms with Crippen LogP contribution >= 0.6 is 15.9 Å². The van der Waals surface area contributed by atoms with Gasteiger partial charge in [-0.15, -0.1) is 0 Å². The quantitative estimate of drug-likeness (QED) is 0.325. The number of hydrogen-bond donors (Lipinski definition) is 2. The van der Waals surface area contributed by atoms with Crippen molar-refractivity contribution in [2.45, 2.75) is 58.4 Å². The molecule has 0 aliphatic heterocycles. The van der Waals surface area contributed by atoms with Gasteiger partial charge in [-0.2, -0.15) is 4.98 Å². The Bertz CT molecular complexity index is 1140. The second kappa shape index (κ2) is 11.8. The molecule has 1 saturated carbocycles. The second-order valence-corrected chi connectivity index (χ2v) is 9.65. The molecule has 182 valence electrons. The molecule has 0 saturated heterocycles. The smallest absolute Gasteiger partial charge is 0.266 e. The molecule has 0 radical (unpaired) electrons. The summed E-state index contributed by atoms with van der Waals surface area (Å²) in [5.41, 5.74) is 1.63. The molecule has 1 aliphatic carbocycles. The van der Waals surface area contributed by atoms with Gasteiger partial charge >= 0.3 is 0 Å². The number of halogens is 1. The molecule has 0 atom stereocenters. The van der Waals surface area contributed by atoms with Crippen LogP contribution in [0, 0.1) is 0 Å². The standard InChI is InChI=1S/C25H34BrN7O/c1-3-32(4-2)14-8-7-13-27-19-11-12-22(28-17-19)30-25-29-16-18-15-21(26)24(34)33(23(18)31-25)20-9-5-6-10-20/h11-12,15-17,20,27H,3-10,13-14H2,1-2H3,(H,28,29,30,31). The molecule has 1 fully saturated rings. The van der Waals surface area contributed by atoms with E-state index >= 15 is 0 Å². The topological polar surface area (TPSA) is 88.0 Å². The number of aromatic nitrogens is 4. The molecule has 3 aromatic rings. The summed E-state index contributed by atoms with van der Waals surface area (Å²) in [6.07, 6.45) is 10.2. The molecule has 0 spiro atoms. The van der Waals surface area contributed by atoms with Crippen molar-refractivity contribution in [3.63, 3.8) is 0 Å². The van der Waals surface area contributed by atoms with Gasteiger partial charge in [0.05, 0.1) is 16.4 Å². The van der Waals surface area contributed by atoms with Crippen molar-refractivity contribution in [2.24, 2.45) is 0 Å². The van der Waals surface area contributed by atoms with Crippen LogP contribution in [0.3, 0.4) is 0 Å². The number of anilines is 3. The van der Waals surface area contributed by atoms with Gasteiger partial charge in [0.25, 0.3) is 5.56 Å². The van der Waals surface area contributed by atoms with Gasteiger partial charge in [0.15, 0.2) is 0 Å². The van der Waals surface area contributed by atoms with E-state index in [9.17, 15) is 4.79 Å². The molecule has 2 N–H and O–H groups in total. The molecular formula is C25H34BrN7O. The van der Waals surface area contributed by atoms with E-state index in [1.54, 1.807) is 12.3 Å². The molecule has 0 aromatic carbocycles. The summed E-state index contributed by atoms with van der Waals surface area (Å²) >= 11 is 3.41. The Balaban J connectivity index is 1.40. The Morgan fingerprint density at radius 2 is 1.91 bits per heavy atom. The van der Waals surface area contributed by atoms with Crippen LogP contribution in [-0.2, 0) is 0 Å². The Morgan fingerprint density at radius 1 is 1.12 bits per heavy atom. The summed E-state index contributed by atoms with van der Waals surface area (Å²) in [5.74, 6) is 1.10. The largest absolute Gasteiger partial charge is 0.384 e. The van der Waals surface area contributed by atoms with Gasteiger partial charge in [-0.1, -0.05) is 26.7 Å². The normalized spacial score (nSPS) is 14.2. The van der Waals surface area contributed by atoms with Crippen molar-refractivity contribution >= 4 is 44.4 Å². The van der Waals surface area contributed by atoms with E-state index in [0.717, 1.165) is 69.4 Å². The molecule has 4 rings (SSSR count). The van der Waals surface area contributed by atoms with Crippen molar-refractivity contribution < 1.29 is 0 Å². The summed E-state index contributed by atoms with van der Waals surface area (Å²) in [7, 11) is 0. The summed E-state index contributed by atoms with van der Waals surface area (Å²) in [5, 5.41) is 7.47. The predicted octanol–water partition coefficient (Wildman–Crippen LogP) is 5.34. The highest BCUT2D eigenvalue weighted by Gasteiger charge is 2.22. The number of nitrogens with one attached hydrogen (secondary N) is 2. The van der Waals surface area contributed by atoms with E-state index in [-0.39, 0.29) is 11.6 Å². The summed E-state index contributed by atoms with van der Waals surface area (Å²) < 4.78 is 2.38. The van der Waals surface area contributed by atoms with Crippen molar-refractivity contribution in [3.05, 3.63) is 45.4 Å². The van der Waals surface area contributed by atoms with Gasteiger partial charge in [-0.05, 0) is 79.4 Å². The van der Waals surface area contributed by atoms with Crippen molar-refractivity contribution in [1.82, 2.24) is 24.4 Å². The van der Waals surface area contributed by atoms with Crippen molar-refractivity contribution in [3.8, 4) is 0 Å². The third kappa shape index (κ3) is 5.93. The minimum Gasteiger partial charge on any atom is -0.384 e. The van der Waals surface area contributed by atoms with E-state index in [0.29, 0.717) is 21.9 Å². The first-order valence-corrected chi connectivity index (χ1v) is 13.2. The third-order valence-corrected chi connectivity index (χ3v) is 7.12. The highest BCUT2D eigenvalue weighted by atomic mass is 79.9. The molecule has 3 heterocycles. The zero-order valence-electron chi connectivity index (χ0n) is 20.1. The lowest BCUT2D eigenvalue weighted by molar-refractivity contribution is 0.298. The fourth-order valence-corrected chi connectivity index (χ4v) is 5.01. The second-order valence-electron chi connectivity index (χ2n) is 8.80. The Kier molecular flexibility index (Phi) is 8.50. The number of rotatable bonds is 11. The fourth-order valence-electron chi connectivity index (χ4n) is 4.57. The Hall–Kier alpha value is -2.52. The van der Waals surface area contributed by atoms with E-state index in [1.165, 1.54) is 6.42 Å². The van der Waals surface area contributed by atoms with Crippen molar-refractivity contribution in [1.29, 1.82) is 0 Å². The van der Waals surface area contributed by atoms with Crippen LogP contribution in [0.4, 0.5) is 17.5 Å². The third-order valence-electron chi connectivity index (χ3n) is 6.55.